The van der Waals surface area contributed by atoms with Crippen LogP contribution in [0.15, 0.2) is 34.1 Å². The van der Waals surface area contributed by atoms with E-state index in [0.29, 0.717) is 0 Å². The number of carbonyl (C=O) groups excluding carboxylic acids is 1. The monoisotopic (exact) mass is 386 g/mol. The number of hydrogen-bond acceptors (Lipinski definition) is 5. The number of nitrogens with two attached hydrogens (primary N) is 1. The first-order valence-corrected chi connectivity index (χ1v) is 11.6. The number of amides is 1. The number of nitrogens with zero attached hydrogens (tertiary/aromatic N) is 1. The molecule has 1 aromatic rings. The van der Waals surface area contributed by atoms with E-state index in [1.54, 1.807) is 0 Å². The number of fused-ring (bicyclic) bond motifs is 1. The van der Waals surface area contributed by atoms with Gasteiger partial charge in [-0.3, -0.25) is 4.79 Å². The van der Waals surface area contributed by atoms with Crippen LogP contribution in [-0.2, 0) is 24.7 Å². The summed E-state index contributed by atoms with van der Waals surface area (Å²) in [5.74, 6) is -0.574. The standard InChI is InChI=1S/C16H22N2O5S2/c1-24(20,21)12-6-4-7-13(9-12)25(22,23)18-10-11-5-2-3-8-14(11)15(18)16(17)19/h4,6-7,9,11,14-15H,2-3,5,8,10H2,1H3,(H2,17,19). The Kier molecular flexibility index (Phi) is 4.67. The van der Waals surface area contributed by atoms with Gasteiger partial charge >= 0.3 is 0 Å². The average Bonchev–Trinajstić information content (AvgIpc) is 2.94. The molecule has 1 aromatic carbocycles. The van der Waals surface area contributed by atoms with Gasteiger partial charge in [-0.1, -0.05) is 18.9 Å². The molecule has 25 heavy (non-hydrogen) atoms. The van der Waals surface area contributed by atoms with Gasteiger partial charge in [0.25, 0.3) is 0 Å². The summed E-state index contributed by atoms with van der Waals surface area (Å²) in [7, 11) is -7.54. The SMILES string of the molecule is CS(=O)(=O)c1cccc(S(=O)(=O)N2CC3CCCCC3C2C(N)=O)c1. The Morgan fingerprint density at radius 2 is 1.76 bits per heavy atom. The predicted octanol–water partition coefficient (Wildman–Crippen LogP) is 0.755. The first-order chi connectivity index (χ1) is 11.6. The highest BCUT2D eigenvalue weighted by Gasteiger charge is 2.50. The van der Waals surface area contributed by atoms with E-state index in [4.69, 9.17) is 5.73 Å². The third-order valence-corrected chi connectivity index (χ3v) is 8.18. The van der Waals surface area contributed by atoms with E-state index >= 15 is 0 Å². The van der Waals surface area contributed by atoms with Gasteiger partial charge in [0.05, 0.1) is 9.79 Å². The zero-order valence-corrected chi connectivity index (χ0v) is 15.6. The van der Waals surface area contributed by atoms with Crippen molar-refractivity contribution >= 4 is 25.8 Å². The fourth-order valence-electron chi connectivity index (χ4n) is 4.04. The van der Waals surface area contributed by atoms with Gasteiger partial charge in [-0.05, 0) is 42.9 Å². The second-order valence-electron chi connectivity index (χ2n) is 6.88. The molecular formula is C16H22N2O5S2. The second-order valence-corrected chi connectivity index (χ2v) is 10.8. The number of sulfone groups is 1. The van der Waals surface area contributed by atoms with Gasteiger partial charge in [-0.2, -0.15) is 4.31 Å². The summed E-state index contributed by atoms with van der Waals surface area (Å²) in [5.41, 5.74) is 5.53. The van der Waals surface area contributed by atoms with Crippen molar-refractivity contribution in [3.63, 3.8) is 0 Å². The van der Waals surface area contributed by atoms with E-state index in [9.17, 15) is 21.6 Å². The quantitative estimate of drug-likeness (QED) is 0.820. The van der Waals surface area contributed by atoms with Crippen LogP contribution in [0.4, 0.5) is 0 Å². The van der Waals surface area contributed by atoms with E-state index in [1.807, 2.05) is 0 Å². The Balaban J connectivity index is 2.03. The van der Waals surface area contributed by atoms with Crippen LogP contribution < -0.4 is 5.73 Å². The lowest BCUT2D eigenvalue weighted by atomic mass is 9.78. The summed E-state index contributed by atoms with van der Waals surface area (Å²) in [4.78, 5) is 11.8. The lowest BCUT2D eigenvalue weighted by molar-refractivity contribution is -0.122. The Morgan fingerprint density at radius 1 is 1.12 bits per heavy atom. The van der Waals surface area contributed by atoms with Crippen molar-refractivity contribution in [1.29, 1.82) is 0 Å². The zero-order valence-electron chi connectivity index (χ0n) is 14.0. The molecule has 7 nitrogen and oxygen atoms in total. The van der Waals surface area contributed by atoms with Crippen molar-refractivity contribution in [3.8, 4) is 0 Å². The Bertz CT molecular complexity index is 895. The van der Waals surface area contributed by atoms with Crippen LogP contribution in [0.5, 0.6) is 0 Å². The molecule has 3 unspecified atom stereocenters. The highest BCUT2D eigenvalue weighted by molar-refractivity contribution is 7.91. The van der Waals surface area contributed by atoms with Crippen LogP contribution in [0.25, 0.3) is 0 Å². The fraction of sp³-hybridized carbons (Fsp3) is 0.562. The minimum atomic E-state index is -4.01. The average molecular weight is 386 g/mol. The van der Waals surface area contributed by atoms with Crippen LogP contribution in [-0.4, -0.2) is 45.9 Å². The molecule has 1 saturated carbocycles. The van der Waals surface area contributed by atoms with Gasteiger partial charge in [-0.25, -0.2) is 16.8 Å². The van der Waals surface area contributed by atoms with E-state index < -0.39 is 31.8 Å². The van der Waals surface area contributed by atoms with Gasteiger partial charge in [0, 0.05) is 12.8 Å². The first kappa shape index (κ1) is 18.3. The minimum absolute atomic E-state index is 0.0564. The maximum Gasteiger partial charge on any atom is 0.243 e. The highest BCUT2D eigenvalue weighted by Crippen LogP contribution is 2.42. The molecule has 1 amide bonds. The second kappa shape index (κ2) is 6.37. The van der Waals surface area contributed by atoms with Gasteiger partial charge < -0.3 is 5.73 Å². The lowest BCUT2D eigenvalue weighted by Gasteiger charge is -2.28. The number of hydrogen-bond donors (Lipinski definition) is 1. The van der Waals surface area contributed by atoms with E-state index in [2.05, 4.69) is 0 Å². The third-order valence-electron chi connectivity index (χ3n) is 5.23. The molecule has 0 aromatic heterocycles. The topological polar surface area (TPSA) is 115 Å². The highest BCUT2D eigenvalue weighted by atomic mass is 32.2. The minimum Gasteiger partial charge on any atom is -0.368 e. The summed E-state index contributed by atoms with van der Waals surface area (Å²) in [6, 6.07) is 4.38. The Hall–Kier alpha value is -1.45. The number of primary amides is 1. The Morgan fingerprint density at radius 3 is 2.40 bits per heavy atom. The largest absolute Gasteiger partial charge is 0.368 e. The number of sulfonamides is 1. The summed E-state index contributed by atoms with van der Waals surface area (Å²) in [6.07, 6.45) is 4.67. The maximum absolute atomic E-state index is 13.1. The van der Waals surface area contributed by atoms with Crippen molar-refractivity contribution in [1.82, 2.24) is 4.31 Å². The molecule has 0 bridgehead atoms. The molecule has 0 radical (unpaired) electrons. The molecule has 2 N–H and O–H groups in total. The summed E-state index contributed by atoms with van der Waals surface area (Å²) < 4.78 is 50.8. The fourth-order valence-corrected chi connectivity index (χ4v) is 6.52. The van der Waals surface area contributed by atoms with E-state index in [0.717, 1.165) is 38.0 Å². The van der Waals surface area contributed by atoms with Crippen molar-refractivity contribution in [3.05, 3.63) is 24.3 Å². The normalized spacial score (nSPS) is 27.8. The lowest BCUT2D eigenvalue weighted by Crippen LogP contribution is -2.46. The smallest absolute Gasteiger partial charge is 0.243 e. The summed E-state index contributed by atoms with van der Waals surface area (Å²) in [5, 5.41) is 0. The van der Waals surface area contributed by atoms with Gasteiger partial charge in [0.2, 0.25) is 15.9 Å². The first-order valence-electron chi connectivity index (χ1n) is 8.23. The van der Waals surface area contributed by atoms with Gasteiger partial charge in [0.15, 0.2) is 9.84 Å². The molecule has 2 aliphatic rings. The number of carbonyl (C=O) groups is 1. The van der Waals surface area contributed by atoms with Crippen molar-refractivity contribution in [2.75, 3.05) is 12.8 Å². The van der Waals surface area contributed by atoms with Crippen molar-refractivity contribution < 1.29 is 21.6 Å². The summed E-state index contributed by atoms with van der Waals surface area (Å²) in [6.45, 7) is 0.254. The molecule has 1 saturated heterocycles. The van der Waals surface area contributed by atoms with Gasteiger partial charge in [-0.15, -0.1) is 0 Å². The zero-order chi connectivity index (χ0) is 18.4. The number of benzene rings is 1. The van der Waals surface area contributed by atoms with Crippen molar-refractivity contribution in [2.24, 2.45) is 17.6 Å². The van der Waals surface area contributed by atoms with E-state index in [1.165, 1.54) is 22.5 Å². The molecule has 138 valence electrons. The molecule has 3 rings (SSSR count). The molecule has 0 spiro atoms. The van der Waals surface area contributed by atoms with Crippen LogP contribution in [0.3, 0.4) is 0 Å². The number of rotatable bonds is 4. The predicted molar refractivity (Wildman–Crippen MR) is 91.9 cm³/mol. The molecule has 3 atom stereocenters. The van der Waals surface area contributed by atoms with Crippen molar-refractivity contribution in [2.45, 2.75) is 41.5 Å². The van der Waals surface area contributed by atoms with E-state index in [-0.39, 0.29) is 28.2 Å². The third kappa shape index (κ3) is 3.32. The molecule has 1 heterocycles. The Labute approximate surface area is 148 Å². The maximum atomic E-state index is 13.1. The molecule has 1 aliphatic heterocycles. The molecular weight excluding hydrogens is 364 g/mol. The van der Waals surface area contributed by atoms with Crippen LogP contribution >= 0.6 is 0 Å². The van der Waals surface area contributed by atoms with Gasteiger partial charge in [0.1, 0.15) is 6.04 Å². The van der Waals surface area contributed by atoms with Crippen LogP contribution in [0.2, 0.25) is 0 Å². The summed E-state index contributed by atoms with van der Waals surface area (Å²) >= 11 is 0. The van der Waals surface area contributed by atoms with Crippen LogP contribution in [0, 0.1) is 11.8 Å². The molecule has 1 aliphatic carbocycles. The van der Waals surface area contributed by atoms with Crippen LogP contribution in [0.1, 0.15) is 25.7 Å². The molecule has 9 heteroatoms. The molecule has 2 fully saturated rings.